The lowest BCUT2D eigenvalue weighted by Gasteiger charge is -2.31. The molecule has 0 radical (unpaired) electrons. The van der Waals surface area contributed by atoms with Gasteiger partial charge in [-0.15, -0.1) is 0 Å². The van der Waals surface area contributed by atoms with Gasteiger partial charge in [0.15, 0.2) is 5.78 Å². The van der Waals surface area contributed by atoms with Crippen molar-refractivity contribution >= 4 is 23.9 Å². The fourth-order valence-corrected chi connectivity index (χ4v) is 2.24. The summed E-state index contributed by atoms with van der Waals surface area (Å²) in [7, 11) is 0. The monoisotopic (exact) mass is 421 g/mol. The summed E-state index contributed by atoms with van der Waals surface area (Å²) in [5, 5.41) is 0. The first kappa shape index (κ1) is 25.1. The summed E-state index contributed by atoms with van der Waals surface area (Å²) in [4.78, 5) is 50.4. The van der Waals surface area contributed by atoms with Crippen molar-refractivity contribution in [2.75, 3.05) is 0 Å². The van der Waals surface area contributed by atoms with Crippen molar-refractivity contribution in [2.24, 2.45) is 0 Å². The van der Waals surface area contributed by atoms with E-state index in [9.17, 15) is 19.2 Å². The molecule has 0 saturated heterocycles. The first-order valence-electron chi connectivity index (χ1n) is 9.67. The van der Waals surface area contributed by atoms with Gasteiger partial charge in [0.25, 0.3) is 0 Å². The largest absolute Gasteiger partial charge is 0.460 e. The molecule has 2 amide bonds. The van der Waals surface area contributed by atoms with E-state index in [1.807, 2.05) is 6.07 Å². The number of rotatable bonds is 6. The van der Waals surface area contributed by atoms with Gasteiger partial charge in [0, 0.05) is 0 Å². The fourth-order valence-electron chi connectivity index (χ4n) is 2.24. The van der Waals surface area contributed by atoms with Crippen LogP contribution < -0.4 is 0 Å². The molecule has 0 fully saturated rings. The van der Waals surface area contributed by atoms with E-state index in [-0.39, 0.29) is 6.61 Å². The summed E-state index contributed by atoms with van der Waals surface area (Å²) in [6, 6.07) is 7.72. The first-order valence-corrected chi connectivity index (χ1v) is 9.67. The molecule has 0 aliphatic heterocycles. The Morgan fingerprint density at radius 2 is 1.33 bits per heavy atom. The molecule has 1 aromatic carbocycles. The SMILES string of the molecule is CC(C(=O)CC(=O)OCc1ccccc1)N(C(=O)OC(C)(C)C)C(=O)OC(C)(C)C. The highest BCUT2D eigenvalue weighted by atomic mass is 16.6. The van der Waals surface area contributed by atoms with E-state index in [1.54, 1.807) is 65.8 Å². The van der Waals surface area contributed by atoms with Crippen LogP contribution in [0, 0.1) is 0 Å². The second-order valence-corrected chi connectivity index (χ2v) is 8.80. The quantitative estimate of drug-likeness (QED) is 0.385. The molecule has 166 valence electrons. The number of imide groups is 1. The average Bonchev–Trinajstić information content (AvgIpc) is 2.57. The smallest absolute Gasteiger partial charge is 0.420 e. The summed E-state index contributed by atoms with van der Waals surface area (Å²) in [6.45, 7) is 11.1. The molecule has 8 nitrogen and oxygen atoms in total. The number of hydrogen-bond donors (Lipinski definition) is 0. The Morgan fingerprint density at radius 1 is 0.867 bits per heavy atom. The van der Waals surface area contributed by atoms with Gasteiger partial charge in [-0.3, -0.25) is 9.59 Å². The van der Waals surface area contributed by atoms with Crippen molar-refractivity contribution in [2.45, 2.75) is 78.7 Å². The summed E-state index contributed by atoms with van der Waals surface area (Å²) in [5.41, 5.74) is -1.01. The van der Waals surface area contributed by atoms with Crippen molar-refractivity contribution in [1.29, 1.82) is 0 Å². The zero-order valence-corrected chi connectivity index (χ0v) is 18.7. The third-order valence-electron chi connectivity index (χ3n) is 3.59. The van der Waals surface area contributed by atoms with E-state index in [2.05, 4.69) is 0 Å². The molecule has 0 aliphatic carbocycles. The topological polar surface area (TPSA) is 99.2 Å². The molecular weight excluding hydrogens is 390 g/mol. The van der Waals surface area contributed by atoms with Crippen molar-refractivity contribution < 1.29 is 33.4 Å². The van der Waals surface area contributed by atoms with Gasteiger partial charge >= 0.3 is 18.2 Å². The fraction of sp³-hybridized carbons (Fsp3) is 0.545. The van der Waals surface area contributed by atoms with E-state index in [1.165, 1.54) is 6.92 Å². The lowest BCUT2D eigenvalue weighted by Crippen LogP contribution is -2.51. The van der Waals surface area contributed by atoms with Gasteiger partial charge in [-0.05, 0) is 54.0 Å². The Balaban J connectivity index is 2.86. The highest BCUT2D eigenvalue weighted by Gasteiger charge is 2.38. The third kappa shape index (κ3) is 9.07. The molecule has 0 spiro atoms. The number of ether oxygens (including phenoxy) is 3. The number of benzene rings is 1. The van der Waals surface area contributed by atoms with Gasteiger partial charge in [-0.2, -0.15) is 0 Å². The molecular formula is C22H31NO7. The van der Waals surface area contributed by atoms with Crippen LogP contribution in [0.25, 0.3) is 0 Å². The average molecular weight is 421 g/mol. The summed E-state index contributed by atoms with van der Waals surface area (Å²) in [5.74, 6) is -1.44. The summed E-state index contributed by atoms with van der Waals surface area (Å²) < 4.78 is 15.6. The zero-order chi connectivity index (χ0) is 23.1. The molecule has 0 bridgehead atoms. The minimum atomic E-state index is -1.28. The highest BCUT2D eigenvalue weighted by Crippen LogP contribution is 2.18. The normalized spacial score (nSPS) is 12.5. The number of Topliss-reactive ketones (excluding diaryl/α,β-unsaturated/α-hetero) is 1. The number of amides is 2. The number of ketones is 1. The number of esters is 1. The Bertz CT molecular complexity index is 732. The Kier molecular flexibility index (Phi) is 8.57. The maximum atomic E-state index is 12.6. The van der Waals surface area contributed by atoms with E-state index >= 15 is 0 Å². The predicted molar refractivity (Wildman–Crippen MR) is 110 cm³/mol. The maximum Gasteiger partial charge on any atom is 0.420 e. The van der Waals surface area contributed by atoms with Crippen molar-refractivity contribution in [3.63, 3.8) is 0 Å². The van der Waals surface area contributed by atoms with Gasteiger partial charge in [0.05, 0.1) is 0 Å². The number of nitrogens with zero attached hydrogens (tertiary/aromatic N) is 1. The molecule has 1 unspecified atom stereocenters. The van der Waals surface area contributed by atoms with Crippen LogP contribution in [-0.4, -0.2) is 46.1 Å². The number of hydrogen-bond acceptors (Lipinski definition) is 7. The van der Waals surface area contributed by atoms with Crippen molar-refractivity contribution in [1.82, 2.24) is 4.90 Å². The molecule has 1 aromatic rings. The van der Waals surface area contributed by atoms with Gasteiger partial charge in [-0.1, -0.05) is 30.3 Å². The number of carbonyl (C=O) groups excluding carboxylic acids is 4. The van der Waals surface area contributed by atoms with E-state index in [4.69, 9.17) is 14.2 Å². The molecule has 0 saturated carbocycles. The van der Waals surface area contributed by atoms with Crippen LogP contribution in [0.2, 0.25) is 0 Å². The van der Waals surface area contributed by atoms with Crippen LogP contribution in [0.1, 0.15) is 60.5 Å². The number of carbonyl (C=O) groups is 4. The van der Waals surface area contributed by atoms with Crippen LogP contribution in [-0.2, 0) is 30.4 Å². The van der Waals surface area contributed by atoms with E-state index in [0.717, 1.165) is 5.56 Å². The standard InChI is InChI=1S/C22H31NO7/c1-15(17(24)13-18(25)28-14-16-11-9-8-10-12-16)23(19(26)29-21(2,3)4)20(27)30-22(5,6)7/h8-12,15H,13-14H2,1-7H3. The van der Waals surface area contributed by atoms with Gasteiger partial charge in [0.1, 0.15) is 30.3 Å². The molecule has 0 aliphatic rings. The Labute approximate surface area is 177 Å². The van der Waals surface area contributed by atoms with Gasteiger partial charge in [0.2, 0.25) is 0 Å². The van der Waals surface area contributed by atoms with Gasteiger partial charge < -0.3 is 14.2 Å². The second kappa shape index (κ2) is 10.2. The van der Waals surface area contributed by atoms with Gasteiger partial charge in [-0.25, -0.2) is 14.5 Å². The molecule has 1 rings (SSSR count). The Morgan fingerprint density at radius 3 is 1.77 bits per heavy atom. The highest BCUT2D eigenvalue weighted by molar-refractivity contribution is 6.02. The first-order chi connectivity index (χ1) is 13.7. The summed E-state index contributed by atoms with van der Waals surface area (Å²) in [6.07, 6.45) is -2.67. The Hall–Kier alpha value is -2.90. The zero-order valence-electron chi connectivity index (χ0n) is 18.7. The van der Waals surface area contributed by atoms with Crippen molar-refractivity contribution in [3.8, 4) is 0 Å². The molecule has 8 heteroatoms. The van der Waals surface area contributed by atoms with Crippen LogP contribution in [0.3, 0.4) is 0 Å². The molecule has 0 aromatic heterocycles. The minimum absolute atomic E-state index is 0.0170. The van der Waals surface area contributed by atoms with Crippen LogP contribution in [0.4, 0.5) is 9.59 Å². The van der Waals surface area contributed by atoms with E-state index in [0.29, 0.717) is 4.90 Å². The third-order valence-corrected chi connectivity index (χ3v) is 3.59. The molecule has 1 atom stereocenters. The van der Waals surface area contributed by atoms with Crippen molar-refractivity contribution in [3.05, 3.63) is 35.9 Å². The second-order valence-electron chi connectivity index (χ2n) is 8.80. The molecule has 0 heterocycles. The minimum Gasteiger partial charge on any atom is -0.460 e. The lowest BCUT2D eigenvalue weighted by molar-refractivity contribution is -0.148. The van der Waals surface area contributed by atoms with Crippen LogP contribution >= 0.6 is 0 Å². The molecule has 0 N–H and O–H groups in total. The molecule has 30 heavy (non-hydrogen) atoms. The van der Waals surface area contributed by atoms with Crippen LogP contribution in [0.15, 0.2) is 30.3 Å². The lowest BCUT2D eigenvalue weighted by atomic mass is 10.1. The predicted octanol–water partition coefficient (Wildman–Crippen LogP) is 4.25. The maximum absolute atomic E-state index is 12.6. The van der Waals surface area contributed by atoms with E-state index < -0.39 is 47.6 Å². The van der Waals surface area contributed by atoms with Crippen LogP contribution in [0.5, 0.6) is 0 Å². The summed E-state index contributed by atoms with van der Waals surface area (Å²) >= 11 is 0.